The number of halogens is 1. The van der Waals surface area contributed by atoms with Gasteiger partial charge in [-0.2, -0.15) is 0 Å². The number of carbonyl (C=O) groups is 1. The normalized spacial score (nSPS) is 22.5. The van der Waals surface area contributed by atoms with E-state index in [1.165, 1.54) is 19.3 Å². The van der Waals surface area contributed by atoms with E-state index in [9.17, 15) is 4.79 Å². The predicted octanol–water partition coefficient (Wildman–Crippen LogP) is 2.28. The van der Waals surface area contributed by atoms with Crippen LogP contribution in [0.25, 0.3) is 0 Å². The molecule has 0 saturated carbocycles. The molecule has 4 heteroatoms. The van der Waals surface area contributed by atoms with Crippen molar-refractivity contribution in [3.05, 3.63) is 0 Å². The van der Waals surface area contributed by atoms with Gasteiger partial charge in [0.05, 0.1) is 6.61 Å². The van der Waals surface area contributed by atoms with E-state index < -0.39 is 3.42 Å². The van der Waals surface area contributed by atoms with Crippen molar-refractivity contribution >= 4 is 28.6 Å². The summed E-state index contributed by atoms with van der Waals surface area (Å²) in [5, 5.41) is 3.44. The highest BCUT2D eigenvalue weighted by atomic mass is 127. The lowest BCUT2D eigenvalue weighted by Gasteiger charge is -2.23. The lowest BCUT2D eigenvalue weighted by Crippen LogP contribution is -2.35. The van der Waals surface area contributed by atoms with E-state index in [0.717, 1.165) is 13.0 Å². The zero-order valence-electron chi connectivity index (χ0n) is 9.51. The van der Waals surface area contributed by atoms with Gasteiger partial charge in [-0.1, -0.05) is 29.0 Å². The van der Waals surface area contributed by atoms with Crippen LogP contribution in [0.2, 0.25) is 0 Å². The number of ether oxygens (including phenoxy) is 1. The molecule has 1 unspecified atom stereocenters. The minimum Gasteiger partial charge on any atom is -0.465 e. The Kier molecular flexibility index (Phi) is 5.32. The molecule has 0 radical (unpaired) electrons. The van der Waals surface area contributed by atoms with Crippen molar-refractivity contribution in [2.45, 2.75) is 49.0 Å². The maximum atomic E-state index is 11.5. The van der Waals surface area contributed by atoms with Crippen molar-refractivity contribution in [1.82, 2.24) is 5.32 Å². The molecule has 1 N–H and O–H groups in total. The van der Waals surface area contributed by atoms with E-state index in [4.69, 9.17) is 4.74 Å². The average Bonchev–Trinajstić information content (AvgIpc) is 2.18. The van der Waals surface area contributed by atoms with Crippen LogP contribution in [0.5, 0.6) is 0 Å². The third-order valence-corrected chi connectivity index (χ3v) is 3.04. The zero-order chi connectivity index (χ0) is 11.3. The van der Waals surface area contributed by atoms with E-state index in [-0.39, 0.29) is 5.97 Å². The third-order valence-electron chi connectivity index (χ3n) is 2.60. The molecule has 0 aromatic carbocycles. The zero-order valence-corrected chi connectivity index (χ0v) is 11.7. The van der Waals surface area contributed by atoms with Crippen LogP contribution in [-0.4, -0.2) is 28.6 Å². The van der Waals surface area contributed by atoms with Crippen LogP contribution in [0.4, 0.5) is 0 Å². The molecule has 1 atom stereocenters. The van der Waals surface area contributed by atoms with Gasteiger partial charge in [-0.05, 0) is 39.7 Å². The fourth-order valence-corrected chi connectivity index (χ4v) is 1.79. The molecule has 0 aromatic rings. The van der Waals surface area contributed by atoms with Crippen LogP contribution in [0.15, 0.2) is 0 Å². The summed E-state index contributed by atoms with van der Waals surface area (Å²) in [6, 6.07) is 0.545. The molecule has 1 heterocycles. The van der Waals surface area contributed by atoms with Gasteiger partial charge in [0, 0.05) is 6.04 Å². The van der Waals surface area contributed by atoms with E-state index >= 15 is 0 Å². The summed E-state index contributed by atoms with van der Waals surface area (Å²) in [4.78, 5) is 11.5. The Morgan fingerprint density at radius 2 is 2.27 bits per heavy atom. The second kappa shape index (κ2) is 6.03. The van der Waals surface area contributed by atoms with Crippen molar-refractivity contribution in [3.63, 3.8) is 0 Å². The number of rotatable bonds is 4. The summed E-state index contributed by atoms with van der Waals surface area (Å²) in [6.45, 7) is 5.39. The molecule has 1 aliphatic rings. The van der Waals surface area contributed by atoms with Crippen LogP contribution in [0, 0.1) is 0 Å². The second-order valence-electron chi connectivity index (χ2n) is 4.54. The number of piperidine rings is 1. The van der Waals surface area contributed by atoms with Gasteiger partial charge in [0.2, 0.25) is 0 Å². The lowest BCUT2D eigenvalue weighted by molar-refractivity contribution is -0.145. The Hall–Kier alpha value is 0.160. The van der Waals surface area contributed by atoms with Gasteiger partial charge in [-0.25, -0.2) is 0 Å². The molecular weight excluding hydrogens is 305 g/mol. The molecule has 0 aliphatic carbocycles. The van der Waals surface area contributed by atoms with Crippen molar-refractivity contribution in [1.29, 1.82) is 0 Å². The summed E-state index contributed by atoms with van der Waals surface area (Å²) >= 11 is 2.11. The molecule has 1 fully saturated rings. The molecule has 0 spiro atoms. The van der Waals surface area contributed by atoms with Crippen LogP contribution >= 0.6 is 22.6 Å². The average molecular weight is 325 g/mol. The minimum atomic E-state index is -0.405. The Morgan fingerprint density at radius 3 is 2.80 bits per heavy atom. The van der Waals surface area contributed by atoms with Gasteiger partial charge < -0.3 is 10.1 Å². The molecule has 0 bridgehead atoms. The van der Waals surface area contributed by atoms with E-state index in [1.54, 1.807) is 0 Å². The van der Waals surface area contributed by atoms with Crippen molar-refractivity contribution in [2.24, 2.45) is 0 Å². The first-order chi connectivity index (χ1) is 7.00. The van der Waals surface area contributed by atoms with Gasteiger partial charge in [0.15, 0.2) is 0 Å². The summed E-state index contributed by atoms with van der Waals surface area (Å²) in [5.74, 6) is -0.112. The Morgan fingerprint density at radius 1 is 1.53 bits per heavy atom. The maximum absolute atomic E-state index is 11.5. The monoisotopic (exact) mass is 325 g/mol. The summed E-state index contributed by atoms with van der Waals surface area (Å²) in [7, 11) is 0. The van der Waals surface area contributed by atoms with Crippen LogP contribution in [0.3, 0.4) is 0 Å². The highest BCUT2D eigenvalue weighted by Gasteiger charge is 2.25. The minimum absolute atomic E-state index is 0.112. The summed E-state index contributed by atoms with van der Waals surface area (Å²) in [6.07, 6.45) is 4.73. The van der Waals surface area contributed by atoms with Gasteiger partial charge in [-0.3, -0.25) is 4.79 Å². The fourth-order valence-electron chi connectivity index (χ4n) is 1.64. The fraction of sp³-hybridized carbons (Fsp3) is 0.909. The Labute approximate surface area is 105 Å². The first kappa shape index (κ1) is 13.2. The molecule has 1 saturated heterocycles. The van der Waals surface area contributed by atoms with Crippen LogP contribution in [-0.2, 0) is 9.53 Å². The SMILES string of the molecule is CC(C)(I)C(=O)OCCC1CCCCN1. The third kappa shape index (κ3) is 5.15. The molecule has 88 valence electrons. The maximum Gasteiger partial charge on any atom is 0.321 e. The molecule has 1 aliphatic heterocycles. The summed E-state index contributed by atoms with van der Waals surface area (Å²) in [5.41, 5.74) is 0. The first-order valence-corrected chi connectivity index (χ1v) is 6.67. The van der Waals surface area contributed by atoms with E-state index in [1.807, 2.05) is 13.8 Å². The predicted molar refractivity (Wildman–Crippen MR) is 69.3 cm³/mol. The van der Waals surface area contributed by atoms with E-state index in [2.05, 4.69) is 27.9 Å². The first-order valence-electron chi connectivity index (χ1n) is 5.59. The van der Waals surface area contributed by atoms with Crippen LogP contribution in [0.1, 0.15) is 39.5 Å². The molecule has 3 nitrogen and oxygen atoms in total. The highest BCUT2D eigenvalue weighted by molar-refractivity contribution is 14.1. The van der Waals surface area contributed by atoms with Gasteiger partial charge in [-0.15, -0.1) is 0 Å². The smallest absolute Gasteiger partial charge is 0.321 e. The van der Waals surface area contributed by atoms with Crippen molar-refractivity contribution in [2.75, 3.05) is 13.2 Å². The van der Waals surface area contributed by atoms with Gasteiger partial charge in [0.25, 0.3) is 0 Å². The number of hydrogen-bond donors (Lipinski definition) is 1. The van der Waals surface area contributed by atoms with E-state index in [0.29, 0.717) is 12.6 Å². The van der Waals surface area contributed by atoms with Gasteiger partial charge >= 0.3 is 5.97 Å². The summed E-state index contributed by atoms with van der Waals surface area (Å²) < 4.78 is 4.82. The quantitative estimate of drug-likeness (QED) is 0.490. The van der Waals surface area contributed by atoms with Crippen LogP contribution < -0.4 is 5.32 Å². The molecule has 1 rings (SSSR count). The Bertz CT molecular complexity index is 207. The largest absolute Gasteiger partial charge is 0.465 e. The number of hydrogen-bond acceptors (Lipinski definition) is 3. The molecular formula is C11H20INO2. The van der Waals surface area contributed by atoms with Crippen molar-refractivity contribution in [3.8, 4) is 0 Å². The number of alkyl halides is 1. The Balaban J connectivity index is 2.12. The van der Waals surface area contributed by atoms with Gasteiger partial charge in [0.1, 0.15) is 3.42 Å². The number of nitrogens with one attached hydrogen (secondary N) is 1. The lowest BCUT2D eigenvalue weighted by atomic mass is 10.0. The standard InChI is InChI=1S/C11H20INO2/c1-11(2,12)10(14)15-8-6-9-5-3-4-7-13-9/h9,13H,3-8H2,1-2H3. The second-order valence-corrected chi connectivity index (χ2v) is 7.24. The highest BCUT2D eigenvalue weighted by Crippen LogP contribution is 2.18. The number of carbonyl (C=O) groups excluding carboxylic acids is 1. The molecule has 0 aromatic heterocycles. The number of esters is 1. The molecule has 15 heavy (non-hydrogen) atoms. The molecule has 0 amide bonds. The van der Waals surface area contributed by atoms with Crippen molar-refractivity contribution < 1.29 is 9.53 Å². The topological polar surface area (TPSA) is 38.3 Å².